The van der Waals surface area contributed by atoms with Gasteiger partial charge in [-0.3, -0.25) is 4.79 Å². The normalized spacial score (nSPS) is 18.0. The summed E-state index contributed by atoms with van der Waals surface area (Å²) >= 11 is 1.08. The van der Waals surface area contributed by atoms with Gasteiger partial charge < -0.3 is 20.5 Å². The number of hydrogen-bond donors (Lipinski definition) is 3. The Balaban J connectivity index is 1.60. The number of carbonyl (C=O) groups is 2. The van der Waals surface area contributed by atoms with E-state index >= 15 is 0 Å². The van der Waals surface area contributed by atoms with Gasteiger partial charge in [-0.05, 0) is 24.6 Å². The van der Waals surface area contributed by atoms with Gasteiger partial charge in [0.2, 0.25) is 5.91 Å². The Hall–Kier alpha value is -3.27. The Labute approximate surface area is 175 Å². The molecule has 0 unspecified atom stereocenters. The SMILES string of the molecule is CC(=O)NC1CC(Oc2cc(F)ccc2Nc2ncnc3sc(C(=O)O)c(C)c23)C1. The molecule has 0 radical (unpaired) electrons. The monoisotopic (exact) mass is 430 g/mol. The molecule has 3 aromatic rings. The summed E-state index contributed by atoms with van der Waals surface area (Å²) in [4.78, 5) is 31.8. The Bertz CT molecular complexity index is 1140. The zero-order valence-corrected chi connectivity index (χ0v) is 17.0. The van der Waals surface area contributed by atoms with Gasteiger partial charge in [0.1, 0.15) is 39.5 Å². The second-order valence-electron chi connectivity index (χ2n) is 7.14. The first kappa shape index (κ1) is 20.0. The van der Waals surface area contributed by atoms with Crippen molar-refractivity contribution in [2.45, 2.75) is 38.8 Å². The lowest BCUT2D eigenvalue weighted by molar-refractivity contribution is -0.120. The average Bonchev–Trinajstić information content (AvgIpc) is 3.00. The zero-order valence-electron chi connectivity index (χ0n) is 16.2. The minimum Gasteiger partial charge on any atom is -0.488 e. The van der Waals surface area contributed by atoms with Crippen LogP contribution in [0.2, 0.25) is 0 Å². The minimum absolute atomic E-state index is 0.0573. The molecule has 1 aromatic carbocycles. The van der Waals surface area contributed by atoms with Crippen molar-refractivity contribution < 1.29 is 23.8 Å². The predicted molar refractivity (Wildman–Crippen MR) is 110 cm³/mol. The lowest BCUT2D eigenvalue weighted by Gasteiger charge is -2.36. The van der Waals surface area contributed by atoms with E-state index in [1.807, 2.05) is 0 Å². The van der Waals surface area contributed by atoms with Crippen molar-refractivity contribution in [2.75, 3.05) is 5.32 Å². The molecule has 0 saturated heterocycles. The fourth-order valence-corrected chi connectivity index (χ4v) is 4.43. The molecule has 156 valence electrons. The molecule has 1 amide bonds. The van der Waals surface area contributed by atoms with Crippen molar-refractivity contribution in [2.24, 2.45) is 0 Å². The van der Waals surface area contributed by atoms with Crippen molar-refractivity contribution in [3.63, 3.8) is 0 Å². The maximum atomic E-state index is 13.9. The van der Waals surface area contributed by atoms with E-state index in [2.05, 4.69) is 20.6 Å². The number of ether oxygens (including phenoxy) is 1. The van der Waals surface area contributed by atoms with Crippen LogP contribution < -0.4 is 15.4 Å². The van der Waals surface area contributed by atoms with Gasteiger partial charge in [0.15, 0.2) is 0 Å². The largest absolute Gasteiger partial charge is 0.488 e. The molecule has 0 bridgehead atoms. The maximum absolute atomic E-state index is 13.9. The van der Waals surface area contributed by atoms with E-state index < -0.39 is 11.8 Å². The first-order valence-corrected chi connectivity index (χ1v) is 10.1. The quantitative estimate of drug-likeness (QED) is 0.547. The van der Waals surface area contributed by atoms with E-state index in [1.165, 1.54) is 25.4 Å². The summed E-state index contributed by atoms with van der Waals surface area (Å²) < 4.78 is 19.8. The Morgan fingerprint density at radius 3 is 2.77 bits per heavy atom. The summed E-state index contributed by atoms with van der Waals surface area (Å²) in [5.74, 6) is -0.819. The highest BCUT2D eigenvalue weighted by Crippen LogP contribution is 2.37. The van der Waals surface area contributed by atoms with E-state index in [4.69, 9.17) is 4.74 Å². The molecule has 3 N–H and O–H groups in total. The molecule has 1 fully saturated rings. The van der Waals surface area contributed by atoms with Crippen LogP contribution in [0.25, 0.3) is 10.2 Å². The number of benzene rings is 1. The zero-order chi connectivity index (χ0) is 21.4. The van der Waals surface area contributed by atoms with Gasteiger partial charge in [-0.1, -0.05) is 0 Å². The number of anilines is 2. The fraction of sp³-hybridized carbons (Fsp3) is 0.300. The summed E-state index contributed by atoms with van der Waals surface area (Å²) in [6.07, 6.45) is 2.48. The van der Waals surface area contributed by atoms with Crippen LogP contribution in [0.5, 0.6) is 5.75 Å². The number of aromatic carboxylic acids is 1. The van der Waals surface area contributed by atoms with Crippen molar-refractivity contribution in [1.29, 1.82) is 0 Å². The molecule has 2 heterocycles. The molecule has 1 aliphatic rings. The third-order valence-corrected chi connectivity index (χ3v) is 6.10. The fourth-order valence-electron chi connectivity index (χ4n) is 3.44. The van der Waals surface area contributed by atoms with Crippen molar-refractivity contribution in [3.8, 4) is 5.75 Å². The summed E-state index contributed by atoms with van der Waals surface area (Å²) in [6, 6.07) is 4.19. The summed E-state index contributed by atoms with van der Waals surface area (Å²) in [7, 11) is 0. The highest BCUT2D eigenvalue weighted by atomic mass is 32.1. The van der Waals surface area contributed by atoms with Crippen LogP contribution in [0.15, 0.2) is 24.5 Å². The summed E-state index contributed by atoms with van der Waals surface area (Å²) in [5.41, 5.74) is 1.06. The highest BCUT2D eigenvalue weighted by Gasteiger charge is 2.32. The first-order valence-electron chi connectivity index (χ1n) is 9.29. The van der Waals surface area contributed by atoms with Crippen LogP contribution in [0.3, 0.4) is 0 Å². The maximum Gasteiger partial charge on any atom is 0.346 e. The van der Waals surface area contributed by atoms with Crippen molar-refractivity contribution >= 4 is 44.9 Å². The van der Waals surface area contributed by atoms with E-state index in [9.17, 15) is 19.1 Å². The smallest absolute Gasteiger partial charge is 0.346 e. The van der Waals surface area contributed by atoms with Gasteiger partial charge in [0.05, 0.1) is 11.1 Å². The lowest BCUT2D eigenvalue weighted by atomic mass is 9.89. The molecule has 0 aliphatic heterocycles. The Morgan fingerprint density at radius 2 is 2.07 bits per heavy atom. The third-order valence-electron chi connectivity index (χ3n) is 4.91. The number of carboxylic acids is 1. The van der Waals surface area contributed by atoms with Gasteiger partial charge >= 0.3 is 5.97 Å². The number of fused-ring (bicyclic) bond motifs is 1. The summed E-state index contributed by atoms with van der Waals surface area (Å²) in [6.45, 7) is 3.17. The van der Waals surface area contributed by atoms with Crippen LogP contribution >= 0.6 is 11.3 Å². The predicted octanol–water partition coefficient (Wildman–Crippen LogP) is 3.63. The first-order chi connectivity index (χ1) is 14.3. The molecule has 2 aromatic heterocycles. The topological polar surface area (TPSA) is 113 Å². The number of amides is 1. The number of nitrogens with zero attached hydrogens (tertiary/aromatic N) is 2. The molecule has 30 heavy (non-hydrogen) atoms. The van der Waals surface area contributed by atoms with Crippen molar-refractivity contribution in [1.82, 2.24) is 15.3 Å². The number of aryl methyl sites for hydroxylation is 1. The molecule has 1 saturated carbocycles. The lowest BCUT2D eigenvalue weighted by Crippen LogP contribution is -2.48. The minimum atomic E-state index is -1.02. The van der Waals surface area contributed by atoms with Crippen LogP contribution in [0.1, 0.15) is 35.0 Å². The summed E-state index contributed by atoms with van der Waals surface area (Å²) in [5, 5.41) is 15.9. The average molecular weight is 430 g/mol. The number of rotatable bonds is 6. The number of carbonyl (C=O) groups excluding carboxylic acids is 1. The highest BCUT2D eigenvalue weighted by molar-refractivity contribution is 7.20. The number of halogens is 1. The van der Waals surface area contributed by atoms with Gasteiger partial charge in [-0.2, -0.15) is 0 Å². The second-order valence-corrected chi connectivity index (χ2v) is 8.14. The number of carboxylic acid groups (broad SMARTS) is 1. The van der Waals surface area contributed by atoms with Gasteiger partial charge in [-0.25, -0.2) is 19.2 Å². The third kappa shape index (κ3) is 3.90. The molecular formula is C20H19FN4O4S. The molecule has 10 heteroatoms. The van der Waals surface area contributed by atoms with E-state index in [0.29, 0.717) is 45.9 Å². The Kier molecular flexibility index (Phi) is 5.25. The second kappa shape index (κ2) is 7.86. The van der Waals surface area contributed by atoms with Gasteiger partial charge in [-0.15, -0.1) is 11.3 Å². The van der Waals surface area contributed by atoms with E-state index in [0.717, 1.165) is 11.3 Å². The number of nitrogens with one attached hydrogen (secondary N) is 2. The molecule has 8 nitrogen and oxygen atoms in total. The van der Waals surface area contributed by atoms with E-state index in [-0.39, 0.29) is 22.9 Å². The van der Waals surface area contributed by atoms with Crippen molar-refractivity contribution in [3.05, 3.63) is 40.8 Å². The number of hydrogen-bond acceptors (Lipinski definition) is 7. The number of aromatic nitrogens is 2. The number of thiophene rings is 1. The van der Waals surface area contributed by atoms with Gasteiger partial charge in [0, 0.05) is 31.9 Å². The van der Waals surface area contributed by atoms with Crippen LogP contribution in [-0.4, -0.2) is 39.1 Å². The molecule has 1 aliphatic carbocycles. The molecular weight excluding hydrogens is 411 g/mol. The molecule has 0 atom stereocenters. The van der Waals surface area contributed by atoms with Crippen LogP contribution in [-0.2, 0) is 4.79 Å². The van der Waals surface area contributed by atoms with Crippen LogP contribution in [0, 0.1) is 12.7 Å². The standard InChI is InChI=1S/C20H19FN4O4S/c1-9-16-18(22-8-23-19(16)30-17(9)20(27)28)25-14-4-3-11(21)5-15(14)29-13-6-12(7-13)24-10(2)26/h3-5,8,12-13H,6-7H2,1-2H3,(H,24,26)(H,27,28)(H,22,23,25). The molecule has 4 rings (SSSR count). The Morgan fingerprint density at radius 1 is 1.30 bits per heavy atom. The molecule has 0 spiro atoms. The van der Waals surface area contributed by atoms with Gasteiger partial charge in [0.25, 0.3) is 0 Å². The van der Waals surface area contributed by atoms with E-state index in [1.54, 1.807) is 13.0 Å². The van der Waals surface area contributed by atoms with Crippen LogP contribution in [0.4, 0.5) is 15.9 Å².